The Hall–Kier alpha value is -1.20. The molecule has 0 saturated carbocycles. The number of aliphatic carboxylic acids is 1. The average Bonchev–Trinajstić information content (AvgIpc) is 2.37. The lowest BCUT2D eigenvalue weighted by atomic mass is 10.1. The molecule has 0 unspecified atom stereocenters. The van der Waals surface area contributed by atoms with E-state index in [1.54, 1.807) is 11.8 Å². The van der Waals surface area contributed by atoms with Crippen LogP contribution >= 0.6 is 11.8 Å². The highest BCUT2D eigenvalue weighted by Gasteiger charge is 2.10. The smallest absolute Gasteiger partial charge is 0.321 e. The fraction of sp³-hybridized carbons (Fsp3) is 0.500. The second-order valence-electron chi connectivity index (χ2n) is 4.49. The van der Waals surface area contributed by atoms with Crippen LogP contribution in [0.2, 0.25) is 0 Å². The van der Waals surface area contributed by atoms with Crippen LogP contribution in [0.15, 0.2) is 18.2 Å². The lowest BCUT2D eigenvalue weighted by molar-refractivity contribution is -0.137. The van der Waals surface area contributed by atoms with E-state index >= 15 is 0 Å². The molecule has 0 radical (unpaired) electrons. The molecule has 106 valence electrons. The number of benzene rings is 1. The van der Waals surface area contributed by atoms with Crippen LogP contribution in [0.25, 0.3) is 0 Å². The summed E-state index contributed by atoms with van der Waals surface area (Å²) in [5, 5.41) is 8.63. The fourth-order valence-electron chi connectivity index (χ4n) is 1.49. The minimum absolute atomic E-state index is 0.443. The third-order valence-electron chi connectivity index (χ3n) is 2.65. The zero-order valence-corrected chi connectivity index (χ0v) is 12.2. The van der Waals surface area contributed by atoms with Gasteiger partial charge < -0.3 is 15.6 Å². The van der Waals surface area contributed by atoms with Gasteiger partial charge in [0.1, 0.15) is 11.8 Å². The summed E-state index contributed by atoms with van der Waals surface area (Å²) in [5.74, 6) is 1.27. The number of ether oxygens (including phenoxy) is 1. The van der Waals surface area contributed by atoms with Crippen LogP contribution < -0.4 is 10.5 Å². The third kappa shape index (κ3) is 5.98. The van der Waals surface area contributed by atoms with Crippen LogP contribution in [0.4, 0.5) is 0 Å². The van der Waals surface area contributed by atoms with Crippen LogP contribution in [0, 0.1) is 13.8 Å². The van der Waals surface area contributed by atoms with Gasteiger partial charge in [-0.2, -0.15) is 11.8 Å². The van der Waals surface area contributed by atoms with Gasteiger partial charge in [-0.3, -0.25) is 4.79 Å². The van der Waals surface area contributed by atoms with Crippen LogP contribution in [-0.4, -0.2) is 35.2 Å². The topological polar surface area (TPSA) is 72.5 Å². The van der Waals surface area contributed by atoms with E-state index in [1.165, 1.54) is 5.56 Å². The molecule has 0 bridgehead atoms. The van der Waals surface area contributed by atoms with Gasteiger partial charge >= 0.3 is 5.97 Å². The normalized spacial score (nSPS) is 12.2. The summed E-state index contributed by atoms with van der Waals surface area (Å²) in [6, 6.07) is 5.37. The molecule has 1 rings (SSSR count). The number of carbonyl (C=O) groups is 1. The minimum atomic E-state index is -0.945. The van der Waals surface area contributed by atoms with Gasteiger partial charge in [0.15, 0.2) is 0 Å². The SMILES string of the molecule is Cc1ccc(C)c(OCCCSC[C@@H](N)C(=O)O)c1. The molecule has 0 fully saturated rings. The second-order valence-corrected chi connectivity index (χ2v) is 5.64. The molecule has 0 aliphatic heterocycles. The van der Waals surface area contributed by atoms with Crippen molar-refractivity contribution < 1.29 is 14.6 Å². The molecule has 0 amide bonds. The van der Waals surface area contributed by atoms with Crippen molar-refractivity contribution in [1.29, 1.82) is 0 Å². The molecule has 0 aliphatic carbocycles. The van der Waals surface area contributed by atoms with Crippen molar-refractivity contribution in [3.05, 3.63) is 29.3 Å². The molecule has 0 aromatic heterocycles. The van der Waals surface area contributed by atoms with Crippen molar-refractivity contribution in [3.8, 4) is 5.75 Å². The van der Waals surface area contributed by atoms with Crippen molar-refractivity contribution in [1.82, 2.24) is 0 Å². The molecule has 1 atom stereocenters. The molecule has 0 spiro atoms. The molecule has 3 N–H and O–H groups in total. The van der Waals surface area contributed by atoms with Gasteiger partial charge in [0.2, 0.25) is 0 Å². The Labute approximate surface area is 118 Å². The number of hydrogen-bond acceptors (Lipinski definition) is 4. The molecule has 1 aromatic carbocycles. The predicted octanol–water partition coefficient (Wildman–Crippen LogP) is 2.22. The van der Waals surface area contributed by atoms with E-state index in [9.17, 15) is 4.79 Å². The first-order valence-electron chi connectivity index (χ1n) is 6.27. The first-order chi connectivity index (χ1) is 9.00. The maximum Gasteiger partial charge on any atom is 0.321 e. The Kier molecular flexibility index (Phi) is 6.73. The van der Waals surface area contributed by atoms with E-state index in [-0.39, 0.29) is 0 Å². The Morgan fingerprint density at radius 3 is 2.89 bits per heavy atom. The first-order valence-corrected chi connectivity index (χ1v) is 7.42. The molecular weight excluding hydrogens is 262 g/mol. The predicted molar refractivity (Wildman–Crippen MR) is 79.0 cm³/mol. The molecule has 5 heteroatoms. The summed E-state index contributed by atoms with van der Waals surface area (Å²) in [6.45, 7) is 4.70. The Morgan fingerprint density at radius 1 is 1.47 bits per heavy atom. The molecule has 0 aliphatic rings. The van der Waals surface area contributed by atoms with Crippen molar-refractivity contribution in [3.63, 3.8) is 0 Å². The molecule has 0 heterocycles. The standard InChI is InChI=1S/C14H21NO3S/c1-10-4-5-11(2)13(8-10)18-6-3-7-19-9-12(15)14(16)17/h4-5,8,12H,3,6-7,9,15H2,1-2H3,(H,16,17)/t12-/m1/s1. The van der Waals surface area contributed by atoms with Gasteiger partial charge in [0.25, 0.3) is 0 Å². The van der Waals surface area contributed by atoms with Crippen molar-refractivity contribution >= 4 is 17.7 Å². The van der Waals surface area contributed by atoms with Crippen LogP contribution in [0.1, 0.15) is 17.5 Å². The van der Waals surface area contributed by atoms with Crippen molar-refractivity contribution in [2.24, 2.45) is 5.73 Å². The number of aryl methyl sites for hydroxylation is 2. The third-order valence-corrected chi connectivity index (χ3v) is 3.82. The summed E-state index contributed by atoms with van der Waals surface area (Å²) < 4.78 is 5.71. The number of carboxylic acids is 1. The van der Waals surface area contributed by atoms with Crippen LogP contribution in [-0.2, 0) is 4.79 Å². The largest absolute Gasteiger partial charge is 0.493 e. The summed E-state index contributed by atoms with van der Waals surface area (Å²) in [7, 11) is 0. The zero-order chi connectivity index (χ0) is 14.3. The van der Waals surface area contributed by atoms with E-state index in [1.807, 2.05) is 26.0 Å². The van der Waals surface area contributed by atoms with E-state index in [0.29, 0.717) is 12.4 Å². The van der Waals surface area contributed by atoms with Gasteiger partial charge in [-0.05, 0) is 43.2 Å². The number of thioether (sulfide) groups is 1. The van der Waals surface area contributed by atoms with Crippen LogP contribution in [0.5, 0.6) is 5.75 Å². The van der Waals surface area contributed by atoms with Gasteiger partial charge in [-0.15, -0.1) is 0 Å². The van der Waals surface area contributed by atoms with E-state index in [2.05, 4.69) is 6.07 Å². The molecular formula is C14H21NO3S. The minimum Gasteiger partial charge on any atom is -0.493 e. The number of rotatable bonds is 8. The monoisotopic (exact) mass is 283 g/mol. The van der Waals surface area contributed by atoms with Gasteiger partial charge in [0, 0.05) is 5.75 Å². The number of nitrogens with two attached hydrogens (primary N) is 1. The van der Waals surface area contributed by atoms with Gasteiger partial charge in [0.05, 0.1) is 6.61 Å². The molecule has 19 heavy (non-hydrogen) atoms. The zero-order valence-electron chi connectivity index (χ0n) is 11.4. The van der Waals surface area contributed by atoms with E-state index < -0.39 is 12.0 Å². The van der Waals surface area contributed by atoms with E-state index in [4.69, 9.17) is 15.6 Å². The number of carboxylic acid groups (broad SMARTS) is 1. The lowest BCUT2D eigenvalue weighted by Crippen LogP contribution is -2.32. The highest BCUT2D eigenvalue weighted by Crippen LogP contribution is 2.19. The number of hydrogen-bond donors (Lipinski definition) is 2. The Morgan fingerprint density at radius 2 is 2.21 bits per heavy atom. The Balaban J connectivity index is 2.17. The highest BCUT2D eigenvalue weighted by atomic mass is 32.2. The molecule has 0 saturated heterocycles. The maximum atomic E-state index is 10.5. The van der Waals surface area contributed by atoms with Crippen LogP contribution in [0.3, 0.4) is 0 Å². The summed E-state index contributed by atoms with van der Waals surface area (Å²) >= 11 is 1.55. The quantitative estimate of drug-likeness (QED) is 0.716. The average molecular weight is 283 g/mol. The summed E-state index contributed by atoms with van der Waals surface area (Å²) in [4.78, 5) is 10.5. The molecule has 1 aromatic rings. The summed E-state index contributed by atoms with van der Waals surface area (Å²) in [6.07, 6.45) is 0.879. The summed E-state index contributed by atoms with van der Waals surface area (Å²) in [5.41, 5.74) is 7.72. The van der Waals surface area contributed by atoms with Gasteiger partial charge in [-0.25, -0.2) is 0 Å². The highest BCUT2D eigenvalue weighted by molar-refractivity contribution is 7.99. The fourth-order valence-corrected chi connectivity index (χ4v) is 2.37. The van der Waals surface area contributed by atoms with Crippen molar-refractivity contribution in [2.45, 2.75) is 26.3 Å². The molecule has 4 nitrogen and oxygen atoms in total. The second kappa shape index (κ2) is 8.07. The first kappa shape index (κ1) is 15.9. The van der Waals surface area contributed by atoms with Gasteiger partial charge in [-0.1, -0.05) is 12.1 Å². The van der Waals surface area contributed by atoms with E-state index in [0.717, 1.165) is 23.5 Å². The lowest BCUT2D eigenvalue weighted by Gasteiger charge is -2.10. The van der Waals surface area contributed by atoms with Crippen molar-refractivity contribution in [2.75, 3.05) is 18.1 Å². The maximum absolute atomic E-state index is 10.5. The Bertz CT molecular complexity index is 423.